The topological polar surface area (TPSA) is 87.7 Å². The number of carbonyl (C=O) groups excluding carboxylic acids is 1. The van der Waals surface area contributed by atoms with Crippen LogP contribution in [0.5, 0.6) is 0 Å². The standard InChI is InChI=1S/C12H10Cl2N4O2/c1-5-6(2)17-18-12(20)10(5)11(19)16-9-3-7(13)8(14)4-15-9/h3-4H,1-2H3,(H,18,20)(H,15,16,19). The Labute approximate surface area is 124 Å². The monoisotopic (exact) mass is 312 g/mol. The molecule has 0 atom stereocenters. The normalized spacial score (nSPS) is 10.4. The first-order valence-corrected chi connectivity index (χ1v) is 6.34. The lowest BCUT2D eigenvalue weighted by atomic mass is 10.1. The van der Waals surface area contributed by atoms with Crippen LogP contribution in [0.15, 0.2) is 17.1 Å². The van der Waals surface area contributed by atoms with Crippen LogP contribution in [-0.2, 0) is 0 Å². The Morgan fingerprint density at radius 3 is 2.65 bits per heavy atom. The average Bonchev–Trinajstić information content (AvgIpc) is 2.39. The number of nitrogens with one attached hydrogen (secondary N) is 2. The number of anilines is 1. The maximum atomic E-state index is 12.1. The maximum absolute atomic E-state index is 12.1. The Bertz CT molecular complexity index is 743. The largest absolute Gasteiger partial charge is 0.306 e. The summed E-state index contributed by atoms with van der Waals surface area (Å²) >= 11 is 11.6. The highest BCUT2D eigenvalue weighted by atomic mass is 35.5. The van der Waals surface area contributed by atoms with E-state index in [9.17, 15) is 9.59 Å². The Hall–Kier alpha value is -1.92. The molecule has 2 heterocycles. The molecule has 20 heavy (non-hydrogen) atoms. The van der Waals surface area contributed by atoms with Crippen molar-refractivity contribution in [1.29, 1.82) is 0 Å². The molecule has 0 bridgehead atoms. The van der Waals surface area contributed by atoms with Crippen LogP contribution >= 0.6 is 23.2 Å². The van der Waals surface area contributed by atoms with E-state index in [0.29, 0.717) is 11.3 Å². The first kappa shape index (κ1) is 14.5. The number of halogens is 2. The number of aromatic nitrogens is 3. The second kappa shape index (κ2) is 5.60. The molecule has 2 aromatic heterocycles. The summed E-state index contributed by atoms with van der Waals surface area (Å²) in [7, 11) is 0. The number of hydrogen-bond acceptors (Lipinski definition) is 4. The van der Waals surface area contributed by atoms with Crippen LogP contribution in [0.2, 0.25) is 10.0 Å². The zero-order valence-electron chi connectivity index (χ0n) is 10.6. The number of aromatic amines is 1. The summed E-state index contributed by atoms with van der Waals surface area (Å²) in [5.74, 6) is -0.377. The molecule has 2 aromatic rings. The van der Waals surface area contributed by atoms with Gasteiger partial charge in [0.15, 0.2) is 0 Å². The van der Waals surface area contributed by atoms with Gasteiger partial charge in [-0.15, -0.1) is 0 Å². The van der Waals surface area contributed by atoms with Gasteiger partial charge in [-0.3, -0.25) is 9.59 Å². The third-order valence-electron chi connectivity index (χ3n) is 2.75. The maximum Gasteiger partial charge on any atom is 0.277 e. The van der Waals surface area contributed by atoms with Crippen molar-refractivity contribution < 1.29 is 4.79 Å². The summed E-state index contributed by atoms with van der Waals surface area (Å²) in [5, 5.41) is 9.07. The van der Waals surface area contributed by atoms with Gasteiger partial charge in [-0.05, 0) is 19.4 Å². The summed E-state index contributed by atoms with van der Waals surface area (Å²) in [5.41, 5.74) is 0.499. The minimum absolute atomic E-state index is 0.00891. The fourth-order valence-corrected chi connectivity index (χ4v) is 1.82. The van der Waals surface area contributed by atoms with E-state index in [1.165, 1.54) is 12.3 Å². The molecule has 0 fully saturated rings. The molecule has 0 aromatic carbocycles. The van der Waals surface area contributed by atoms with Gasteiger partial charge < -0.3 is 5.32 Å². The van der Waals surface area contributed by atoms with Gasteiger partial charge in [-0.1, -0.05) is 23.2 Å². The SMILES string of the molecule is Cc1n[nH]c(=O)c(C(=O)Nc2cc(Cl)c(Cl)cn2)c1C. The predicted molar refractivity (Wildman–Crippen MR) is 76.5 cm³/mol. The molecular weight excluding hydrogens is 303 g/mol. The van der Waals surface area contributed by atoms with E-state index in [2.05, 4.69) is 20.5 Å². The number of rotatable bonds is 2. The van der Waals surface area contributed by atoms with E-state index in [0.717, 1.165) is 0 Å². The highest BCUT2D eigenvalue weighted by Crippen LogP contribution is 2.23. The molecule has 0 unspecified atom stereocenters. The number of aryl methyl sites for hydroxylation is 1. The van der Waals surface area contributed by atoms with E-state index in [-0.39, 0.29) is 21.4 Å². The van der Waals surface area contributed by atoms with Crippen LogP contribution in [0.25, 0.3) is 0 Å². The van der Waals surface area contributed by atoms with Crippen LogP contribution in [0, 0.1) is 13.8 Å². The first-order valence-electron chi connectivity index (χ1n) is 5.58. The molecule has 0 spiro atoms. The van der Waals surface area contributed by atoms with E-state index in [1.54, 1.807) is 13.8 Å². The molecule has 0 saturated carbocycles. The molecule has 8 heteroatoms. The van der Waals surface area contributed by atoms with Crippen molar-refractivity contribution in [3.8, 4) is 0 Å². The highest BCUT2D eigenvalue weighted by Gasteiger charge is 2.17. The molecular formula is C12H10Cl2N4O2. The molecule has 0 radical (unpaired) electrons. The molecule has 0 aliphatic rings. The van der Waals surface area contributed by atoms with Crippen LogP contribution in [0.1, 0.15) is 21.6 Å². The fourth-order valence-electron chi connectivity index (χ4n) is 1.56. The number of H-pyrrole nitrogens is 1. The fraction of sp³-hybridized carbons (Fsp3) is 0.167. The molecule has 2 N–H and O–H groups in total. The lowest BCUT2D eigenvalue weighted by Crippen LogP contribution is -2.26. The minimum atomic E-state index is -0.583. The van der Waals surface area contributed by atoms with Gasteiger partial charge in [0.25, 0.3) is 11.5 Å². The van der Waals surface area contributed by atoms with Crippen LogP contribution in [-0.4, -0.2) is 21.1 Å². The summed E-state index contributed by atoms with van der Waals surface area (Å²) in [6.07, 6.45) is 1.31. The van der Waals surface area contributed by atoms with E-state index in [4.69, 9.17) is 23.2 Å². The molecule has 0 saturated heterocycles. The van der Waals surface area contributed by atoms with Crippen molar-refractivity contribution in [2.24, 2.45) is 0 Å². The van der Waals surface area contributed by atoms with Crippen molar-refractivity contribution in [2.75, 3.05) is 5.32 Å². The Morgan fingerprint density at radius 1 is 1.30 bits per heavy atom. The van der Waals surface area contributed by atoms with E-state index < -0.39 is 11.5 Å². The number of carbonyl (C=O) groups is 1. The number of pyridine rings is 1. The van der Waals surface area contributed by atoms with Crippen molar-refractivity contribution in [3.05, 3.63) is 49.5 Å². The summed E-state index contributed by atoms with van der Waals surface area (Å²) in [4.78, 5) is 27.7. The highest BCUT2D eigenvalue weighted by molar-refractivity contribution is 6.42. The summed E-state index contributed by atoms with van der Waals surface area (Å²) in [6, 6.07) is 1.40. The summed E-state index contributed by atoms with van der Waals surface area (Å²) in [6.45, 7) is 3.34. The number of hydrogen-bond donors (Lipinski definition) is 2. The number of nitrogens with zero attached hydrogens (tertiary/aromatic N) is 2. The average molecular weight is 313 g/mol. The van der Waals surface area contributed by atoms with Crippen LogP contribution < -0.4 is 10.9 Å². The first-order chi connectivity index (χ1) is 9.40. The Kier molecular flexibility index (Phi) is 4.06. The van der Waals surface area contributed by atoms with Gasteiger partial charge in [0.05, 0.1) is 15.7 Å². The Morgan fingerprint density at radius 2 is 2.00 bits per heavy atom. The van der Waals surface area contributed by atoms with Crippen molar-refractivity contribution in [1.82, 2.24) is 15.2 Å². The molecule has 0 aliphatic carbocycles. The van der Waals surface area contributed by atoms with Gasteiger partial charge in [-0.2, -0.15) is 5.10 Å². The van der Waals surface area contributed by atoms with Gasteiger partial charge in [0.2, 0.25) is 0 Å². The smallest absolute Gasteiger partial charge is 0.277 e. The van der Waals surface area contributed by atoms with Gasteiger partial charge in [0, 0.05) is 12.3 Å². The lowest BCUT2D eigenvalue weighted by Gasteiger charge is -2.08. The predicted octanol–water partition coefficient (Wildman–Crippen LogP) is 2.34. The minimum Gasteiger partial charge on any atom is -0.306 e. The summed E-state index contributed by atoms with van der Waals surface area (Å²) < 4.78 is 0. The van der Waals surface area contributed by atoms with Crippen molar-refractivity contribution in [2.45, 2.75) is 13.8 Å². The van der Waals surface area contributed by atoms with E-state index >= 15 is 0 Å². The van der Waals surface area contributed by atoms with E-state index in [1.807, 2.05) is 0 Å². The van der Waals surface area contributed by atoms with Gasteiger partial charge in [0.1, 0.15) is 11.4 Å². The molecule has 2 rings (SSSR count). The molecule has 6 nitrogen and oxygen atoms in total. The van der Waals surface area contributed by atoms with Crippen molar-refractivity contribution >= 4 is 34.9 Å². The molecule has 1 amide bonds. The third-order valence-corrected chi connectivity index (χ3v) is 3.46. The molecule has 104 valence electrons. The zero-order valence-corrected chi connectivity index (χ0v) is 12.1. The van der Waals surface area contributed by atoms with Gasteiger partial charge >= 0.3 is 0 Å². The second-order valence-electron chi connectivity index (χ2n) is 4.08. The zero-order chi connectivity index (χ0) is 14.9. The van der Waals surface area contributed by atoms with Gasteiger partial charge in [-0.25, -0.2) is 10.1 Å². The molecule has 0 aliphatic heterocycles. The quantitative estimate of drug-likeness (QED) is 0.891. The number of amides is 1. The Balaban J connectivity index is 2.36. The lowest BCUT2D eigenvalue weighted by molar-refractivity contribution is 0.102. The van der Waals surface area contributed by atoms with Crippen molar-refractivity contribution in [3.63, 3.8) is 0 Å². The van der Waals surface area contributed by atoms with Crippen LogP contribution in [0.4, 0.5) is 5.82 Å². The third kappa shape index (κ3) is 2.81. The van der Waals surface area contributed by atoms with Crippen LogP contribution in [0.3, 0.4) is 0 Å². The second-order valence-corrected chi connectivity index (χ2v) is 4.89.